The second kappa shape index (κ2) is 5.94. The van der Waals surface area contributed by atoms with Gasteiger partial charge in [-0.25, -0.2) is 0 Å². The summed E-state index contributed by atoms with van der Waals surface area (Å²) < 4.78 is 0. The second-order valence-electron chi connectivity index (χ2n) is 4.34. The van der Waals surface area contributed by atoms with Crippen LogP contribution >= 0.6 is 12.2 Å². The van der Waals surface area contributed by atoms with Gasteiger partial charge in [0.15, 0.2) is 0 Å². The van der Waals surface area contributed by atoms with Crippen molar-refractivity contribution < 1.29 is 9.90 Å². The molecule has 0 fully saturated rings. The van der Waals surface area contributed by atoms with E-state index >= 15 is 0 Å². The Labute approximate surface area is 102 Å². The Hall–Kier alpha value is -0.960. The fourth-order valence-corrected chi connectivity index (χ4v) is 2.23. The lowest BCUT2D eigenvalue weighted by atomic mass is 9.91. The first kappa shape index (κ1) is 13.1. The van der Waals surface area contributed by atoms with Crippen LogP contribution in [0.1, 0.15) is 46.0 Å². The molecule has 1 aliphatic rings. The van der Waals surface area contributed by atoms with Crippen molar-refractivity contribution in [2.45, 2.75) is 46.0 Å². The molecular weight excluding hydrogens is 220 g/mol. The molecule has 0 aliphatic heterocycles. The summed E-state index contributed by atoms with van der Waals surface area (Å²) in [7, 11) is 0. The van der Waals surface area contributed by atoms with Crippen molar-refractivity contribution in [3.63, 3.8) is 0 Å². The molecule has 0 saturated heterocycles. The van der Waals surface area contributed by atoms with Gasteiger partial charge in [-0.05, 0) is 44.3 Å². The third-order valence-corrected chi connectivity index (χ3v) is 3.30. The lowest BCUT2D eigenvalue weighted by molar-refractivity contribution is -0.137. The van der Waals surface area contributed by atoms with E-state index in [2.05, 4.69) is 19.9 Å². The fraction of sp³-hybridized carbons (Fsp3) is 0.538. The molecule has 88 valence electrons. The Morgan fingerprint density at radius 3 is 2.75 bits per heavy atom. The van der Waals surface area contributed by atoms with Crippen LogP contribution in [-0.2, 0) is 4.79 Å². The van der Waals surface area contributed by atoms with Gasteiger partial charge in [-0.1, -0.05) is 23.9 Å². The van der Waals surface area contributed by atoms with Gasteiger partial charge in [0.2, 0.25) is 0 Å². The van der Waals surface area contributed by atoms with Crippen LogP contribution in [0.5, 0.6) is 0 Å². The average Bonchev–Trinajstić information content (AvgIpc) is 2.19. The summed E-state index contributed by atoms with van der Waals surface area (Å²) >= 11 is 5.31. The summed E-state index contributed by atoms with van der Waals surface area (Å²) in [6.45, 7) is 4.16. The van der Waals surface area contributed by atoms with Gasteiger partial charge in [-0.3, -0.25) is 4.79 Å². The molecule has 16 heavy (non-hydrogen) atoms. The van der Waals surface area contributed by atoms with E-state index in [1.807, 2.05) is 0 Å². The molecule has 0 atom stereocenters. The summed E-state index contributed by atoms with van der Waals surface area (Å²) in [4.78, 5) is 11.4. The second-order valence-corrected chi connectivity index (χ2v) is 4.83. The third kappa shape index (κ3) is 3.89. The van der Waals surface area contributed by atoms with Gasteiger partial charge < -0.3 is 5.11 Å². The maximum absolute atomic E-state index is 10.4. The molecule has 0 heterocycles. The summed E-state index contributed by atoms with van der Waals surface area (Å²) in [5.74, 6) is -0.711. The molecule has 0 spiro atoms. The first-order valence-electron chi connectivity index (χ1n) is 5.62. The number of rotatable bonds is 5. The number of aliphatic carboxylic acids is 1. The van der Waals surface area contributed by atoms with Gasteiger partial charge >= 0.3 is 5.97 Å². The van der Waals surface area contributed by atoms with Crippen molar-refractivity contribution >= 4 is 23.1 Å². The Balaban J connectivity index is 2.49. The minimum Gasteiger partial charge on any atom is -0.481 e. The van der Waals surface area contributed by atoms with Crippen molar-refractivity contribution in [2.24, 2.45) is 0 Å². The zero-order valence-electron chi connectivity index (χ0n) is 9.88. The number of allylic oxidation sites excluding steroid dienone is 4. The van der Waals surface area contributed by atoms with E-state index in [-0.39, 0.29) is 6.42 Å². The van der Waals surface area contributed by atoms with E-state index in [0.29, 0.717) is 0 Å². The molecule has 1 rings (SSSR count). The molecule has 0 unspecified atom stereocenters. The summed E-state index contributed by atoms with van der Waals surface area (Å²) in [5.41, 5.74) is 3.82. The molecule has 3 heteroatoms. The lowest BCUT2D eigenvalue weighted by Crippen LogP contribution is -2.06. The van der Waals surface area contributed by atoms with Gasteiger partial charge in [-0.2, -0.15) is 0 Å². The zero-order valence-corrected chi connectivity index (χ0v) is 10.7. The molecule has 0 aromatic carbocycles. The largest absolute Gasteiger partial charge is 0.481 e. The van der Waals surface area contributed by atoms with Gasteiger partial charge in [-0.15, -0.1) is 0 Å². The van der Waals surface area contributed by atoms with Crippen LogP contribution in [0.2, 0.25) is 0 Å². The Bertz CT molecular complexity index is 364. The highest BCUT2D eigenvalue weighted by atomic mass is 32.1. The molecule has 2 nitrogen and oxygen atoms in total. The maximum Gasteiger partial charge on any atom is 0.303 e. The first-order chi connectivity index (χ1) is 7.50. The topological polar surface area (TPSA) is 37.3 Å². The predicted molar refractivity (Wildman–Crippen MR) is 69.8 cm³/mol. The number of thiocarbonyl (C=S) groups is 1. The van der Waals surface area contributed by atoms with E-state index in [4.69, 9.17) is 17.3 Å². The van der Waals surface area contributed by atoms with Gasteiger partial charge in [0.25, 0.3) is 0 Å². The van der Waals surface area contributed by atoms with E-state index in [1.54, 1.807) is 0 Å². The van der Waals surface area contributed by atoms with E-state index in [9.17, 15) is 4.79 Å². The zero-order chi connectivity index (χ0) is 12.1. The minimum atomic E-state index is -0.711. The quantitative estimate of drug-likeness (QED) is 0.586. The Morgan fingerprint density at radius 2 is 2.12 bits per heavy atom. The predicted octanol–water partition coefficient (Wildman–Crippen LogP) is 3.67. The standard InChI is InChI=1S/C13H18O2S/c1-9-7-11(10(2)12(16)8-9)5-3-4-6-13(14)15/h7H,3-6,8H2,1-2H3,(H,14,15). The number of carboxylic acids is 1. The minimum absolute atomic E-state index is 0.263. The van der Waals surface area contributed by atoms with Gasteiger partial charge in [0, 0.05) is 17.7 Å². The number of unbranched alkanes of at least 4 members (excludes halogenated alkanes) is 1. The van der Waals surface area contributed by atoms with Crippen LogP contribution < -0.4 is 0 Å². The molecule has 0 bridgehead atoms. The highest BCUT2D eigenvalue weighted by Gasteiger charge is 2.12. The lowest BCUT2D eigenvalue weighted by Gasteiger charge is -2.16. The normalized spacial score (nSPS) is 16.4. The number of carbonyl (C=O) groups is 1. The van der Waals surface area contributed by atoms with Crippen molar-refractivity contribution in [3.8, 4) is 0 Å². The van der Waals surface area contributed by atoms with Crippen LogP contribution in [0.4, 0.5) is 0 Å². The van der Waals surface area contributed by atoms with Gasteiger partial charge in [0.1, 0.15) is 0 Å². The monoisotopic (exact) mass is 238 g/mol. The number of carboxylic acid groups (broad SMARTS) is 1. The molecular formula is C13H18O2S. The van der Waals surface area contributed by atoms with E-state index < -0.39 is 5.97 Å². The Kier molecular flexibility index (Phi) is 4.87. The highest BCUT2D eigenvalue weighted by Crippen LogP contribution is 2.25. The third-order valence-electron chi connectivity index (χ3n) is 2.85. The smallest absolute Gasteiger partial charge is 0.303 e. The average molecular weight is 238 g/mol. The van der Waals surface area contributed by atoms with Crippen LogP contribution in [0.3, 0.4) is 0 Å². The van der Waals surface area contributed by atoms with Crippen LogP contribution in [0.15, 0.2) is 22.8 Å². The number of hydrogen-bond acceptors (Lipinski definition) is 2. The molecule has 1 aliphatic carbocycles. The molecule has 0 amide bonds. The van der Waals surface area contributed by atoms with Crippen LogP contribution in [0.25, 0.3) is 0 Å². The molecule has 1 N–H and O–H groups in total. The number of hydrogen-bond donors (Lipinski definition) is 1. The maximum atomic E-state index is 10.4. The van der Waals surface area contributed by atoms with Crippen LogP contribution in [-0.4, -0.2) is 15.9 Å². The first-order valence-corrected chi connectivity index (χ1v) is 6.03. The van der Waals surface area contributed by atoms with Crippen molar-refractivity contribution in [2.75, 3.05) is 0 Å². The molecule has 0 aromatic rings. The van der Waals surface area contributed by atoms with Crippen LogP contribution in [0, 0.1) is 0 Å². The van der Waals surface area contributed by atoms with E-state index in [1.165, 1.54) is 16.7 Å². The van der Waals surface area contributed by atoms with Crippen molar-refractivity contribution in [1.82, 2.24) is 0 Å². The molecule has 0 aromatic heterocycles. The van der Waals surface area contributed by atoms with Gasteiger partial charge in [0.05, 0.1) is 0 Å². The van der Waals surface area contributed by atoms with Crippen molar-refractivity contribution in [1.29, 1.82) is 0 Å². The van der Waals surface area contributed by atoms with E-state index in [0.717, 1.165) is 30.5 Å². The van der Waals surface area contributed by atoms with Crippen molar-refractivity contribution in [3.05, 3.63) is 22.8 Å². The highest BCUT2D eigenvalue weighted by molar-refractivity contribution is 7.80. The summed E-state index contributed by atoms with van der Waals surface area (Å²) in [6.07, 6.45) is 5.97. The summed E-state index contributed by atoms with van der Waals surface area (Å²) in [5, 5.41) is 8.54. The fourth-order valence-electron chi connectivity index (χ4n) is 1.87. The molecule has 0 radical (unpaired) electrons. The Morgan fingerprint density at radius 1 is 1.44 bits per heavy atom. The summed E-state index contributed by atoms with van der Waals surface area (Å²) in [6, 6.07) is 0. The molecule has 0 saturated carbocycles. The SMILES string of the molecule is CC1=CC(CCCCC(=O)O)=C(C)C(=S)C1.